The number of piperidine rings is 2. The summed E-state index contributed by atoms with van der Waals surface area (Å²) in [6, 6.07) is 7.18. The third-order valence-electron chi connectivity index (χ3n) is 13.1. The lowest BCUT2D eigenvalue weighted by atomic mass is 10.0. The number of rotatable bonds is 13. The number of carbonyl (C=O) groups excluding carboxylic acids is 4. The van der Waals surface area contributed by atoms with E-state index >= 15 is 13.2 Å². The monoisotopic (exact) mass is 891 g/mol. The van der Waals surface area contributed by atoms with E-state index in [0.717, 1.165) is 82.7 Å². The molecule has 5 heterocycles. The van der Waals surface area contributed by atoms with Crippen molar-refractivity contribution in [1.29, 1.82) is 0 Å². The Bertz CT molecular complexity index is 2230. The first kappa shape index (κ1) is 44.7. The van der Waals surface area contributed by atoms with Gasteiger partial charge < -0.3 is 45.0 Å². The van der Waals surface area contributed by atoms with E-state index in [2.05, 4.69) is 41.0 Å². The van der Waals surface area contributed by atoms with E-state index in [1.165, 1.54) is 33.5 Å². The summed E-state index contributed by atoms with van der Waals surface area (Å²) >= 11 is 0. The fraction of sp³-hybridized carbons (Fsp3) is 0.545. The summed E-state index contributed by atoms with van der Waals surface area (Å²) in [6.07, 6.45) is 6.79. The van der Waals surface area contributed by atoms with Crippen LogP contribution in [0.25, 0.3) is 0 Å². The van der Waals surface area contributed by atoms with Gasteiger partial charge in [0, 0.05) is 95.6 Å². The van der Waals surface area contributed by atoms with Gasteiger partial charge in [-0.1, -0.05) is 12.8 Å². The Hall–Kier alpha value is -5.89. The van der Waals surface area contributed by atoms with E-state index in [1.54, 1.807) is 29.2 Å². The number of carbonyl (C=O) groups is 4. The molecule has 344 valence electrons. The lowest BCUT2D eigenvalue weighted by molar-refractivity contribution is -0.140. The lowest BCUT2D eigenvalue weighted by Gasteiger charge is -2.38. The summed E-state index contributed by atoms with van der Waals surface area (Å²) in [6.45, 7) is 5.47. The molecular weight excluding hydrogens is 836 g/mol. The number of alkyl halides is 2. The van der Waals surface area contributed by atoms with Crippen LogP contribution in [0.3, 0.4) is 0 Å². The molecule has 3 saturated heterocycles. The number of ether oxygens (including phenoxy) is 2. The highest BCUT2D eigenvalue weighted by atomic mass is 19.3. The number of anilines is 6. The molecule has 0 bridgehead atoms. The van der Waals surface area contributed by atoms with Crippen molar-refractivity contribution >= 4 is 58.1 Å². The van der Waals surface area contributed by atoms with E-state index in [0.29, 0.717) is 53.6 Å². The van der Waals surface area contributed by atoms with E-state index in [4.69, 9.17) is 9.47 Å². The lowest BCUT2D eigenvalue weighted by Crippen LogP contribution is -2.50. The number of nitrogens with one attached hydrogen (secondary N) is 4. The number of imide groups is 1. The number of nitrogens with zero attached hydrogens (tertiary/aromatic N) is 7. The van der Waals surface area contributed by atoms with Crippen molar-refractivity contribution in [3.05, 3.63) is 47.9 Å². The molecule has 2 aromatic carbocycles. The molecule has 1 aromatic heterocycles. The molecule has 4 fully saturated rings. The smallest absolute Gasteiger partial charge is 0.342 e. The first-order valence-electron chi connectivity index (χ1n) is 22.0. The van der Waals surface area contributed by atoms with Crippen molar-refractivity contribution in [1.82, 2.24) is 30.4 Å². The summed E-state index contributed by atoms with van der Waals surface area (Å²) in [4.78, 5) is 68.2. The molecule has 5 aliphatic rings. The largest absolute Gasteiger partial charge is 0.495 e. The highest BCUT2D eigenvalue weighted by Gasteiger charge is 2.49. The minimum absolute atomic E-state index is 0.00164. The van der Waals surface area contributed by atoms with Crippen LogP contribution in [-0.4, -0.2) is 148 Å². The van der Waals surface area contributed by atoms with Gasteiger partial charge >= 0.3 is 5.92 Å². The molecule has 64 heavy (non-hydrogen) atoms. The van der Waals surface area contributed by atoms with Crippen LogP contribution in [0, 0.1) is 5.82 Å². The van der Waals surface area contributed by atoms with Gasteiger partial charge in [-0.15, -0.1) is 0 Å². The summed E-state index contributed by atoms with van der Waals surface area (Å²) in [5, 5.41) is 11.6. The van der Waals surface area contributed by atoms with Crippen LogP contribution in [0.1, 0.15) is 61.7 Å². The number of aromatic nitrogens is 2. The number of hydrogen-bond donors (Lipinski definition) is 4. The second-order valence-electron chi connectivity index (χ2n) is 17.1. The highest BCUT2D eigenvalue weighted by Crippen LogP contribution is 2.40. The Kier molecular flexibility index (Phi) is 13.3. The van der Waals surface area contributed by atoms with Crippen molar-refractivity contribution in [3.8, 4) is 11.5 Å². The van der Waals surface area contributed by atoms with E-state index in [-0.39, 0.29) is 47.8 Å². The summed E-state index contributed by atoms with van der Waals surface area (Å²) in [5.74, 6) is -5.09. The normalized spacial score (nSPS) is 21.3. The maximum absolute atomic E-state index is 15.4. The molecule has 4 N–H and O–H groups in total. The molecule has 3 aromatic rings. The molecule has 8 rings (SSSR count). The maximum atomic E-state index is 15.4. The van der Waals surface area contributed by atoms with Gasteiger partial charge in [-0.25, -0.2) is 9.37 Å². The van der Waals surface area contributed by atoms with Gasteiger partial charge in [-0.3, -0.25) is 29.4 Å². The first-order chi connectivity index (χ1) is 30.8. The number of halogens is 3. The van der Waals surface area contributed by atoms with Crippen molar-refractivity contribution in [2.24, 2.45) is 0 Å². The van der Waals surface area contributed by atoms with Gasteiger partial charge in [0.15, 0.2) is 5.82 Å². The average molecular weight is 892 g/mol. The molecule has 17 nitrogen and oxygen atoms in total. The predicted octanol–water partition coefficient (Wildman–Crippen LogP) is 3.97. The second-order valence-corrected chi connectivity index (χ2v) is 17.1. The zero-order valence-electron chi connectivity index (χ0n) is 36.4. The Morgan fingerprint density at radius 1 is 0.875 bits per heavy atom. The van der Waals surface area contributed by atoms with Gasteiger partial charge in [-0.2, -0.15) is 13.8 Å². The van der Waals surface area contributed by atoms with Gasteiger partial charge in [0.25, 0.3) is 11.8 Å². The second kappa shape index (κ2) is 19.1. The minimum Gasteiger partial charge on any atom is -0.495 e. The Balaban J connectivity index is 0.801. The Morgan fingerprint density at radius 2 is 1.56 bits per heavy atom. The number of benzene rings is 2. The van der Waals surface area contributed by atoms with E-state index in [1.807, 2.05) is 4.90 Å². The third kappa shape index (κ3) is 9.76. The molecule has 1 aliphatic carbocycles. The molecule has 0 radical (unpaired) electrons. The first-order valence-corrected chi connectivity index (χ1v) is 22.0. The Morgan fingerprint density at radius 3 is 2.25 bits per heavy atom. The number of fused-ring (bicyclic) bond motifs is 1. The van der Waals surface area contributed by atoms with Gasteiger partial charge in [0.2, 0.25) is 17.8 Å². The van der Waals surface area contributed by atoms with Crippen LogP contribution in [-0.2, 0) is 14.4 Å². The molecule has 1 saturated carbocycles. The average Bonchev–Trinajstić information content (AvgIpc) is 3.82. The molecule has 0 spiro atoms. The third-order valence-corrected chi connectivity index (χ3v) is 13.1. The SMILES string of the molecule is COc1cc(C(=O)NC2CCN(CCN3CCN(c4cc(OC)c(NC5CCC(=O)NC5=O)cc4F)CC3)CC2)ccc1Nc1ncc2c(n1)N(C1CCCC1)CC(F)(F)C(=O)N2C. The number of hydrogen-bond acceptors (Lipinski definition) is 14. The van der Waals surface area contributed by atoms with Gasteiger partial charge in [0.1, 0.15) is 29.0 Å². The van der Waals surface area contributed by atoms with Crippen molar-refractivity contribution in [3.63, 3.8) is 0 Å². The topological polar surface area (TPSA) is 177 Å². The van der Waals surface area contributed by atoms with Crippen molar-refractivity contribution in [2.75, 3.05) is 106 Å². The quantitative estimate of drug-likeness (QED) is 0.182. The Labute approximate surface area is 370 Å². The molecule has 4 amide bonds. The van der Waals surface area contributed by atoms with Crippen LogP contribution >= 0.6 is 0 Å². The summed E-state index contributed by atoms with van der Waals surface area (Å²) in [5.41, 5.74) is 1.91. The van der Waals surface area contributed by atoms with Crippen LogP contribution in [0.2, 0.25) is 0 Å². The van der Waals surface area contributed by atoms with Crippen LogP contribution < -0.4 is 45.4 Å². The fourth-order valence-corrected chi connectivity index (χ4v) is 9.31. The maximum Gasteiger partial charge on any atom is 0.342 e. The number of likely N-dealkylation sites (tertiary alicyclic amines) is 1. The minimum atomic E-state index is -3.58. The van der Waals surface area contributed by atoms with Gasteiger partial charge in [0.05, 0.1) is 44.0 Å². The standard InChI is InChI=1S/C44H56F3N11O6/c1-54-35-25-48-43(53-39(35)58(29-6-4-5-7-29)26-44(46,47)42(54)62)51-31-9-8-27(22-36(31)63-2)40(60)49-28-12-14-55(15-13-28)16-17-56-18-20-57(21-19-56)34-24-37(64-3)33(23-30(34)45)50-32-10-11-38(59)52-41(32)61/h8-9,22-25,28-29,32,50H,4-7,10-21,26H2,1-3H3,(H,49,60)(H,48,51,53)(H,52,59,61). The van der Waals surface area contributed by atoms with E-state index < -0.39 is 36.1 Å². The van der Waals surface area contributed by atoms with E-state index in [9.17, 15) is 19.2 Å². The highest BCUT2D eigenvalue weighted by molar-refractivity contribution is 6.02. The summed E-state index contributed by atoms with van der Waals surface area (Å²) in [7, 11) is 4.30. The number of piperazine rings is 1. The molecular formula is C44H56F3N11O6. The van der Waals surface area contributed by atoms with Gasteiger partial charge in [-0.05, 0) is 50.3 Å². The zero-order chi connectivity index (χ0) is 45.1. The fourth-order valence-electron chi connectivity index (χ4n) is 9.31. The number of amides is 4. The molecule has 20 heteroatoms. The molecule has 4 aliphatic heterocycles. The number of methoxy groups -OCH3 is 2. The molecule has 1 unspecified atom stereocenters. The van der Waals surface area contributed by atoms with Crippen molar-refractivity contribution < 1.29 is 41.8 Å². The van der Waals surface area contributed by atoms with Crippen molar-refractivity contribution in [2.45, 2.75) is 75.4 Å². The molecule has 1 atom stereocenters. The van der Waals surface area contributed by atoms with Crippen LogP contribution in [0.15, 0.2) is 36.5 Å². The summed E-state index contributed by atoms with van der Waals surface area (Å²) < 4.78 is 56.7. The van der Waals surface area contributed by atoms with Crippen LogP contribution in [0.4, 0.5) is 47.7 Å². The predicted molar refractivity (Wildman–Crippen MR) is 235 cm³/mol. The zero-order valence-corrected chi connectivity index (χ0v) is 36.4. The van der Waals surface area contributed by atoms with Crippen LogP contribution in [0.5, 0.6) is 11.5 Å².